The van der Waals surface area contributed by atoms with Crippen LogP contribution < -0.4 is 5.32 Å². The van der Waals surface area contributed by atoms with E-state index in [4.69, 9.17) is 11.6 Å². The van der Waals surface area contributed by atoms with E-state index in [0.29, 0.717) is 6.54 Å². The van der Waals surface area contributed by atoms with Crippen molar-refractivity contribution in [2.24, 2.45) is 5.92 Å². The lowest BCUT2D eigenvalue weighted by Crippen LogP contribution is -2.33. The SMILES string of the molecule is CN1CCC(CNC(=O)CCl)C1=O. The molecule has 1 rings (SSSR count). The van der Waals surface area contributed by atoms with Crippen molar-refractivity contribution in [1.29, 1.82) is 0 Å². The summed E-state index contributed by atoms with van der Waals surface area (Å²) in [5.41, 5.74) is 0. The standard InChI is InChI=1S/C8H13ClN2O2/c1-11-3-2-6(8(11)13)5-10-7(12)4-9/h6H,2-5H2,1H3,(H,10,12). The summed E-state index contributed by atoms with van der Waals surface area (Å²) in [5.74, 6) is -0.215. The number of nitrogens with one attached hydrogen (secondary N) is 1. The van der Waals surface area contributed by atoms with Crippen LogP contribution in [-0.2, 0) is 9.59 Å². The Bertz CT molecular complexity index is 220. The topological polar surface area (TPSA) is 49.4 Å². The number of carbonyl (C=O) groups is 2. The van der Waals surface area contributed by atoms with Gasteiger partial charge in [0.1, 0.15) is 5.88 Å². The molecule has 0 spiro atoms. The maximum atomic E-state index is 11.3. The molecule has 4 nitrogen and oxygen atoms in total. The lowest BCUT2D eigenvalue weighted by molar-refractivity contribution is -0.129. The number of likely N-dealkylation sites (tertiary alicyclic amines) is 1. The molecule has 1 aliphatic heterocycles. The molecule has 2 amide bonds. The largest absolute Gasteiger partial charge is 0.354 e. The first-order chi connectivity index (χ1) is 6.15. The fourth-order valence-corrected chi connectivity index (χ4v) is 1.46. The van der Waals surface area contributed by atoms with Gasteiger partial charge in [0.2, 0.25) is 11.8 Å². The monoisotopic (exact) mass is 204 g/mol. The van der Waals surface area contributed by atoms with Gasteiger partial charge in [0, 0.05) is 20.1 Å². The van der Waals surface area contributed by atoms with Gasteiger partial charge in [-0.05, 0) is 6.42 Å². The molecule has 0 aliphatic carbocycles. The number of rotatable bonds is 3. The third-order valence-corrected chi connectivity index (χ3v) is 2.45. The van der Waals surface area contributed by atoms with E-state index in [9.17, 15) is 9.59 Å². The highest BCUT2D eigenvalue weighted by molar-refractivity contribution is 6.27. The Balaban J connectivity index is 2.30. The Hall–Kier alpha value is -0.770. The van der Waals surface area contributed by atoms with Crippen molar-refractivity contribution >= 4 is 23.4 Å². The summed E-state index contributed by atoms with van der Waals surface area (Å²) in [5, 5.41) is 2.61. The molecule has 1 unspecified atom stereocenters. The number of halogens is 1. The fourth-order valence-electron chi connectivity index (χ4n) is 1.37. The molecule has 0 bridgehead atoms. The fraction of sp³-hybridized carbons (Fsp3) is 0.750. The number of carbonyl (C=O) groups excluding carboxylic acids is 2. The van der Waals surface area contributed by atoms with Crippen LogP contribution in [0.2, 0.25) is 0 Å². The van der Waals surface area contributed by atoms with Crippen molar-refractivity contribution in [3.63, 3.8) is 0 Å². The highest BCUT2D eigenvalue weighted by Gasteiger charge is 2.28. The predicted octanol–water partition coefficient (Wildman–Crippen LogP) is -0.180. The molecule has 0 radical (unpaired) electrons. The van der Waals surface area contributed by atoms with Gasteiger partial charge in [-0.25, -0.2) is 0 Å². The molecule has 1 fully saturated rings. The Labute approximate surface area is 82.2 Å². The minimum absolute atomic E-state index is 0.0449. The molecule has 1 heterocycles. The molecular formula is C8H13ClN2O2. The van der Waals surface area contributed by atoms with Gasteiger partial charge < -0.3 is 10.2 Å². The summed E-state index contributed by atoms with van der Waals surface area (Å²) in [4.78, 5) is 23.8. The van der Waals surface area contributed by atoms with Crippen LogP contribution in [0.15, 0.2) is 0 Å². The summed E-state index contributed by atoms with van der Waals surface area (Å²) in [7, 11) is 1.77. The van der Waals surface area contributed by atoms with Gasteiger partial charge in [-0.1, -0.05) is 0 Å². The summed E-state index contributed by atoms with van der Waals surface area (Å²) in [6.07, 6.45) is 0.817. The van der Waals surface area contributed by atoms with Crippen molar-refractivity contribution in [1.82, 2.24) is 10.2 Å². The minimum Gasteiger partial charge on any atom is -0.354 e. The zero-order chi connectivity index (χ0) is 9.84. The molecule has 1 N–H and O–H groups in total. The minimum atomic E-state index is -0.219. The molecule has 0 aromatic heterocycles. The molecule has 0 saturated carbocycles. The van der Waals surface area contributed by atoms with Gasteiger partial charge in [-0.2, -0.15) is 0 Å². The normalized spacial score (nSPS) is 22.2. The molecule has 74 valence electrons. The highest BCUT2D eigenvalue weighted by atomic mass is 35.5. The van der Waals surface area contributed by atoms with E-state index in [1.54, 1.807) is 11.9 Å². The molecule has 0 aromatic carbocycles. The molecule has 5 heteroatoms. The summed E-state index contributed by atoms with van der Waals surface area (Å²) >= 11 is 5.30. The number of hydrogen-bond donors (Lipinski definition) is 1. The van der Waals surface area contributed by atoms with Crippen LogP contribution in [0, 0.1) is 5.92 Å². The molecular weight excluding hydrogens is 192 g/mol. The second-order valence-corrected chi connectivity index (χ2v) is 3.45. The highest BCUT2D eigenvalue weighted by Crippen LogP contribution is 2.14. The zero-order valence-corrected chi connectivity index (χ0v) is 8.30. The van der Waals surface area contributed by atoms with Crippen LogP contribution in [0.4, 0.5) is 0 Å². The zero-order valence-electron chi connectivity index (χ0n) is 7.55. The van der Waals surface area contributed by atoms with E-state index in [1.807, 2.05) is 0 Å². The Morgan fingerprint density at radius 3 is 2.92 bits per heavy atom. The van der Waals surface area contributed by atoms with Crippen LogP contribution in [0.25, 0.3) is 0 Å². The van der Waals surface area contributed by atoms with E-state index >= 15 is 0 Å². The third-order valence-electron chi connectivity index (χ3n) is 2.21. The van der Waals surface area contributed by atoms with Crippen LogP contribution in [0.5, 0.6) is 0 Å². The van der Waals surface area contributed by atoms with E-state index in [1.165, 1.54) is 0 Å². The van der Waals surface area contributed by atoms with E-state index < -0.39 is 0 Å². The van der Waals surface area contributed by atoms with Crippen molar-refractivity contribution in [2.45, 2.75) is 6.42 Å². The Morgan fingerprint density at radius 1 is 1.77 bits per heavy atom. The Kier molecular flexibility index (Phi) is 3.54. The van der Waals surface area contributed by atoms with Crippen LogP contribution in [0.1, 0.15) is 6.42 Å². The summed E-state index contributed by atoms with van der Waals surface area (Å²) < 4.78 is 0. The van der Waals surface area contributed by atoms with Gasteiger partial charge in [-0.3, -0.25) is 9.59 Å². The first kappa shape index (κ1) is 10.3. The van der Waals surface area contributed by atoms with Gasteiger partial charge >= 0.3 is 0 Å². The predicted molar refractivity (Wildman–Crippen MR) is 49.5 cm³/mol. The average Bonchev–Trinajstić information content (AvgIpc) is 2.44. The number of amides is 2. The third kappa shape index (κ3) is 2.59. The Morgan fingerprint density at radius 2 is 2.46 bits per heavy atom. The molecule has 0 aromatic rings. The second kappa shape index (κ2) is 4.46. The van der Waals surface area contributed by atoms with Crippen LogP contribution >= 0.6 is 11.6 Å². The molecule has 13 heavy (non-hydrogen) atoms. The maximum absolute atomic E-state index is 11.3. The maximum Gasteiger partial charge on any atom is 0.234 e. The quantitative estimate of drug-likeness (QED) is 0.649. The average molecular weight is 205 g/mol. The van der Waals surface area contributed by atoms with E-state index in [0.717, 1.165) is 13.0 Å². The first-order valence-corrected chi connectivity index (χ1v) is 4.76. The van der Waals surface area contributed by atoms with Crippen molar-refractivity contribution in [2.75, 3.05) is 26.0 Å². The van der Waals surface area contributed by atoms with Gasteiger partial charge in [0.15, 0.2) is 0 Å². The van der Waals surface area contributed by atoms with Crippen molar-refractivity contribution < 1.29 is 9.59 Å². The van der Waals surface area contributed by atoms with Gasteiger partial charge in [0.25, 0.3) is 0 Å². The number of alkyl halides is 1. The van der Waals surface area contributed by atoms with Crippen molar-refractivity contribution in [3.8, 4) is 0 Å². The summed E-state index contributed by atoms with van der Waals surface area (Å²) in [6, 6.07) is 0. The number of nitrogens with zero attached hydrogens (tertiary/aromatic N) is 1. The molecule has 1 saturated heterocycles. The van der Waals surface area contributed by atoms with Crippen molar-refractivity contribution in [3.05, 3.63) is 0 Å². The lowest BCUT2D eigenvalue weighted by Gasteiger charge is -2.10. The smallest absolute Gasteiger partial charge is 0.234 e. The van der Waals surface area contributed by atoms with E-state index in [-0.39, 0.29) is 23.6 Å². The second-order valence-electron chi connectivity index (χ2n) is 3.18. The first-order valence-electron chi connectivity index (χ1n) is 4.22. The van der Waals surface area contributed by atoms with Crippen LogP contribution in [0.3, 0.4) is 0 Å². The van der Waals surface area contributed by atoms with E-state index in [2.05, 4.69) is 5.32 Å². The molecule has 1 atom stereocenters. The summed E-state index contributed by atoms with van der Waals surface area (Å²) in [6.45, 7) is 1.19. The molecule has 1 aliphatic rings. The van der Waals surface area contributed by atoms with Gasteiger partial charge in [-0.15, -0.1) is 11.6 Å². The van der Waals surface area contributed by atoms with Crippen LogP contribution in [-0.4, -0.2) is 42.7 Å². The lowest BCUT2D eigenvalue weighted by atomic mass is 10.1. The number of hydrogen-bond acceptors (Lipinski definition) is 2. The van der Waals surface area contributed by atoms with Gasteiger partial charge in [0.05, 0.1) is 5.92 Å².